The number of anilines is 2. The molecule has 2 fully saturated rings. The van der Waals surface area contributed by atoms with E-state index in [2.05, 4.69) is 32.1 Å². The van der Waals surface area contributed by atoms with Crippen molar-refractivity contribution in [3.8, 4) is 0 Å². The average molecular weight is 295 g/mol. The molecule has 20 heavy (non-hydrogen) atoms. The number of ether oxygens (including phenoxy) is 1. The van der Waals surface area contributed by atoms with Gasteiger partial charge in [-0.25, -0.2) is 0 Å². The fourth-order valence-electron chi connectivity index (χ4n) is 2.57. The molecule has 3 heterocycles. The molecule has 1 aromatic heterocycles. The second-order valence-electron chi connectivity index (χ2n) is 5.21. The van der Waals surface area contributed by atoms with Crippen molar-refractivity contribution in [2.45, 2.75) is 42.7 Å². The van der Waals surface area contributed by atoms with Gasteiger partial charge in [0.05, 0.1) is 6.10 Å². The summed E-state index contributed by atoms with van der Waals surface area (Å²) < 4.78 is 5.61. The van der Waals surface area contributed by atoms with Crippen LogP contribution < -0.4 is 10.2 Å². The molecule has 0 saturated carbocycles. The predicted molar refractivity (Wildman–Crippen MR) is 80.5 cm³/mol. The minimum Gasteiger partial charge on any atom is -0.377 e. The first kappa shape index (κ1) is 13.9. The molecule has 3 rings (SSSR count). The molecule has 1 aromatic rings. The lowest BCUT2D eigenvalue weighted by atomic mass is 10.3. The van der Waals surface area contributed by atoms with E-state index in [-0.39, 0.29) is 6.10 Å². The Morgan fingerprint density at radius 1 is 1.25 bits per heavy atom. The minimum atomic E-state index is 0.269. The zero-order valence-electron chi connectivity index (χ0n) is 12.0. The van der Waals surface area contributed by atoms with Gasteiger partial charge in [0.15, 0.2) is 5.16 Å². The second-order valence-corrected chi connectivity index (χ2v) is 6.41. The van der Waals surface area contributed by atoms with Crippen molar-refractivity contribution >= 4 is 23.7 Å². The number of nitrogens with one attached hydrogen (secondary N) is 1. The van der Waals surface area contributed by atoms with E-state index < -0.39 is 0 Å². The van der Waals surface area contributed by atoms with Gasteiger partial charge in [0, 0.05) is 32.0 Å². The van der Waals surface area contributed by atoms with Gasteiger partial charge in [0.1, 0.15) is 0 Å². The molecule has 2 aliphatic rings. The highest BCUT2D eigenvalue weighted by molar-refractivity contribution is 7.99. The van der Waals surface area contributed by atoms with Crippen molar-refractivity contribution in [2.75, 3.05) is 37.0 Å². The fraction of sp³-hybridized carbons (Fsp3) is 0.769. The van der Waals surface area contributed by atoms with E-state index in [9.17, 15) is 0 Å². The molecule has 1 N–H and O–H groups in total. The SMILES string of the molecule is CNc1nc(SC2CCOC2C)nc(N2CCCC2)n1. The number of nitrogens with zero attached hydrogens (tertiary/aromatic N) is 4. The molecule has 0 amide bonds. The van der Waals surface area contributed by atoms with E-state index in [4.69, 9.17) is 4.74 Å². The van der Waals surface area contributed by atoms with E-state index in [1.165, 1.54) is 12.8 Å². The summed E-state index contributed by atoms with van der Waals surface area (Å²) in [7, 11) is 1.85. The monoisotopic (exact) mass is 295 g/mol. The number of thioether (sulfide) groups is 1. The third-order valence-electron chi connectivity index (χ3n) is 3.78. The number of hydrogen-bond donors (Lipinski definition) is 1. The van der Waals surface area contributed by atoms with Gasteiger partial charge in [-0.1, -0.05) is 11.8 Å². The largest absolute Gasteiger partial charge is 0.377 e. The zero-order chi connectivity index (χ0) is 13.9. The summed E-state index contributed by atoms with van der Waals surface area (Å²) in [5, 5.41) is 4.27. The molecular formula is C13H21N5OS. The Labute approximate surface area is 123 Å². The Morgan fingerprint density at radius 2 is 2.05 bits per heavy atom. The maximum atomic E-state index is 5.61. The fourth-order valence-corrected chi connectivity index (χ4v) is 3.60. The van der Waals surface area contributed by atoms with Crippen LogP contribution in [-0.2, 0) is 4.74 Å². The van der Waals surface area contributed by atoms with Crippen LogP contribution in [0.25, 0.3) is 0 Å². The van der Waals surface area contributed by atoms with Gasteiger partial charge in [0.2, 0.25) is 11.9 Å². The zero-order valence-corrected chi connectivity index (χ0v) is 12.8. The van der Waals surface area contributed by atoms with Crippen molar-refractivity contribution in [1.82, 2.24) is 15.0 Å². The Balaban J connectivity index is 1.80. The first-order valence-electron chi connectivity index (χ1n) is 7.23. The lowest BCUT2D eigenvalue weighted by Gasteiger charge is -2.17. The van der Waals surface area contributed by atoms with Crippen LogP contribution >= 0.6 is 11.8 Å². The molecule has 0 spiro atoms. The number of rotatable bonds is 4. The van der Waals surface area contributed by atoms with Crippen LogP contribution in [-0.4, -0.2) is 53.0 Å². The molecule has 110 valence electrons. The second kappa shape index (κ2) is 6.13. The molecule has 2 aliphatic heterocycles. The van der Waals surface area contributed by atoms with E-state index in [1.54, 1.807) is 11.8 Å². The summed E-state index contributed by atoms with van der Waals surface area (Å²) in [6, 6.07) is 0. The molecule has 0 bridgehead atoms. The summed E-state index contributed by atoms with van der Waals surface area (Å²) in [6.07, 6.45) is 3.77. The van der Waals surface area contributed by atoms with Crippen LogP contribution in [0.2, 0.25) is 0 Å². The third kappa shape index (κ3) is 2.98. The molecule has 2 saturated heterocycles. The van der Waals surface area contributed by atoms with E-state index in [0.29, 0.717) is 11.2 Å². The van der Waals surface area contributed by atoms with Crippen LogP contribution in [0.1, 0.15) is 26.2 Å². The number of aromatic nitrogens is 3. The lowest BCUT2D eigenvalue weighted by Crippen LogP contribution is -2.22. The predicted octanol–water partition coefficient (Wildman–Crippen LogP) is 1.78. The van der Waals surface area contributed by atoms with E-state index in [1.807, 2.05) is 7.05 Å². The van der Waals surface area contributed by atoms with Gasteiger partial charge < -0.3 is 15.0 Å². The maximum absolute atomic E-state index is 5.61. The van der Waals surface area contributed by atoms with Gasteiger partial charge in [-0.05, 0) is 26.2 Å². The van der Waals surface area contributed by atoms with Gasteiger partial charge in [0.25, 0.3) is 0 Å². The molecule has 2 unspecified atom stereocenters. The van der Waals surface area contributed by atoms with Crippen LogP contribution in [0.3, 0.4) is 0 Å². The van der Waals surface area contributed by atoms with E-state index >= 15 is 0 Å². The highest BCUT2D eigenvalue weighted by Gasteiger charge is 2.27. The van der Waals surface area contributed by atoms with Crippen LogP contribution in [0.5, 0.6) is 0 Å². The summed E-state index contributed by atoms with van der Waals surface area (Å²) >= 11 is 1.71. The Bertz CT molecular complexity index is 466. The molecule has 0 aliphatic carbocycles. The molecule has 7 heteroatoms. The van der Waals surface area contributed by atoms with Crippen LogP contribution in [0.15, 0.2) is 5.16 Å². The van der Waals surface area contributed by atoms with Crippen LogP contribution in [0, 0.1) is 0 Å². The molecule has 2 atom stereocenters. The minimum absolute atomic E-state index is 0.269. The van der Waals surface area contributed by atoms with Gasteiger partial charge >= 0.3 is 0 Å². The van der Waals surface area contributed by atoms with Gasteiger partial charge in [-0.15, -0.1) is 0 Å². The van der Waals surface area contributed by atoms with Crippen molar-refractivity contribution in [3.63, 3.8) is 0 Å². The summed E-state index contributed by atoms with van der Waals surface area (Å²) in [4.78, 5) is 15.8. The third-order valence-corrected chi connectivity index (χ3v) is 5.09. The highest BCUT2D eigenvalue weighted by atomic mass is 32.2. The summed E-state index contributed by atoms with van der Waals surface area (Å²) in [6.45, 7) is 5.04. The first-order chi connectivity index (χ1) is 9.76. The van der Waals surface area contributed by atoms with Crippen molar-refractivity contribution < 1.29 is 4.74 Å². The summed E-state index contributed by atoms with van der Waals surface area (Å²) in [5.41, 5.74) is 0. The molecule has 6 nitrogen and oxygen atoms in total. The lowest BCUT2D eigenvalue weighted by molar-refractivity contribution is 0.127. The Kier molecular flexibility index (Phi) is 4.26. The van der Waals surface area contributed by atoms with Gasteiger partial charge in [-0.2, -0.15) is 15.0 Å². The highest BCUT2D eigenvalue weighted by Crippen LogP contribution is 2.31. The Morgan fingerprint density at radius 3 is 2.70 bits per heavy atom. The quantitative estimate of drug-likeness (QED) is 0.908. The van der Waals surface area contributed by atoms with Crippen molar-refractivity contribution in [3.05, 3.63) is 0 Å². The standard InChI is InChI=1S/C13H21N5OS/c1-9-10(5-8-19-9)20-13-16-11(14-2)15-12(17-13)18-6-3-4-7-18/h9-10H,3-8H2,1-2H3,(H,14,15,16,17). The smallest absolute Gasteiger partial charge is 0.231 e. The first-order valence-corrected chi connectivity index (χ1v) is 8.11. The molecule has 0 aromatic carbocycles. The average Bonchev–Trinajstić information content (AvgIpc) is 3.11. The normalized spacial score (nSPS) is 26.2. The molecule has 0 radical (unpaired) electrons. The summed E-state index contributed by atoms with van der Waals surface area (Å²) in [5.74, 6) is 1.45. The Hall–Kier alpha value is -1.08. The van der Waals surface area contributed by atoms with Crippen LogP contribution in [0.4, 0.5) is 11.9 Å². The van der Waals surface area contributed by atoms with Crippen molar-refractivity contribution in [1.29, 1.82) is 0 Å². The van der Waals surface area contributed by atoms with Gasteiger partial charge in [-0.3, -0.25) is 0 Å². The molecular weight excluding hydrogens is 274 g/mol. The maximum Gasteiger partial charge on any atom is 0.231 e. The van der Waals surface area contributed by atoms with Crippen molar-refractivity contribution in [2.24, 2.45) is 0 Å². The van der Waals surface area contributed by atoms with E-state index in [0.717, 1.165) is 37.2 Å². The topological polar surface area (TPSA) is 63.2 Å². The number of hydrogen-bond acceptors (Lipinski definition) is 7.